The van der Waals surface area contributed by atoms with Gasteiger partial charge in [-0.25, -0.2) is 9.97 Å². The van der Waals surface area contributed by atoms with Crippen molar-refractivity contribution in [2.75, 3.05) is 0 Å². The van der Waals surface area contributed by atoms with Crippen molar-refractivity contribution in [3.05, 3.63) is 54.5 Å². The van der Waals surface area contributed by atoms with E-state index in [1.54, 1.807) is 19.9 Å². The van der Waals surface area contributed by atoms with Crippen molar-refractivity contribution in [1.82, 2.24) is 9.97 Å². The van der Waals surface area contributed by atoms with E-state index in [0.29, 0.717) is 15.6 Å². The molecule has 0 fully saturated rings. The maximum Gasteiger partial charge on any atom is 0.312 e. The van der Waals surface area contributed by atoms with Gasteiger partial charge in [0.2, 0.25) is 5.75 Å². The van der Waals surface area contributed by atoms with Crippen molar-refractivity contribution in [2.24, 2.45) is 0 Å². The Balaban J connectivity index is 2.45. The Morgan fingerprint density at radius 3 is 2.45 bits per heavy atom. The van der Waals surface area contributed by atoms with E-state index in [-0.39, 0.29) is 21.7 Å². The molecule has 0 bridgehead atoms. The molecule has 22 heavy (non-hydrogen) atoms. The Morgan fingerprint density at radius 1 is 1.32 bits per heavy atom. The number of nitro benzene ring substituents is 1. The van der Waals surface area contributed by atoms with Gasteiger partial charge >= 0.3 is 5.69 Å². The fourth-order valence-corrected chi connectivity index (χ4v) is 3.11. The summed E-state index contributed by atoms with van der Waals surface area (Å²) in [6.07, 6.45) is 0.577. The van der Waals surface area contributed by atoms with Crippen LogP contribution in [0.1, 0.15) is 24.2 Å². The average Bonchev–Trinajstić information content (AvgIpc) is 2.41. The molecule has 0 saturated carbocycles. The third-order valence-electron chi connectivity index (χ3n) is 2.90. The summed E-state index contributed by atoms with van der Waals surface area (Å²) in [4.78, 5) is 18.4. The van der Waals surface area contributed by atoms with Crippen molar-refractivity contribution in [3.63, 3.8) is 0 Å². The van der Waals surface area contributed by atoms with E-state index in [9.17, 15) is 10.1 Å². The van der Waals surface area contributed by atoms with Crippen LogP contribution in [0.5, 0.6) is 5.75 Å². The third kappa shape index (κ3) is 3.48. The molecule has 1 heterocycles. The summed E-state index contributed by atoms with van der Waals surface area (Å²) in [7, 11) is 0. The van der Waals surface area contributed by atoms with Gasteiger partial charge in [-0.2, -0.15) is 0 Å². The SMILES string of the molecule is Cc1cc(Br)cc([N+](=O)[O-])c1OC(C)c1c(Cl)ncnc1Cl. The molecule has 1 atom stereocenters. The number of ether oxygens (including phenoxy) is 1. The molecule has 1 aromatic carbocycles. The van der Waals surface area contributed by atoms with Gasteiger partial charge in [0.05, 0.1) is 10.5 Å². The van der Waals surface area contributed by atoms with Crippen molar-refractivity contribution in [2.45, 2.75) is 20.0 Å². The molecule has 0 aliphatic carbocycles. The molecular formula is C13H10BrCl2N3O3. The number of rotatable bonds is 4. The smallest absolute Gasteiger partial charge is 0.312 e. The zero-order chi connectivity index (χ0) is 16.4. The number of benzene rings is 1. The fraction of sp³-hybridized carbons (Fsp3) is 0.231. The quantitative estimate of drug-likeness (QED) is 0.409. The number of hydrogen-bond acceptors (Lipinski definition) is 5. The second-order valence-corrected chi connectivity index (χ2v) is 6.09. The molecule has 2 aromatic rings. The lowest BCUT2D eigenvalue weighted by molar-refractivity contribution is -0.386. The van der Waals surface area contributed by atoms with E-state index < -0.39 is 11.0 Å². The van der Waals surface area contributed by atoms with Gasteiger partial charge in [0, 0.05) is 10.5 Å². The Labute approximate surface area is 144 Å². The number of nitrogens with zero attached hydrogens (tertiary/aromatic N) is 3. The van der Waals surface area contributed by atoms with Crippen molar-refractivity contribution in [3.8, 4) is 5.75 Å². The largest absolute Gasteiger partial charge is 0.478 e. The second kappa shape index (κ2) is 6.76. The first-order valence-electron chi connectivity index (χ1n) is 6.08. The van der Waals surface area contributed by atoms with Gasteiger partial charge in [-0.05, 0) is 25.5 Å². The summed E-state index contributed by atoms with van der Waals surface area (Å²) in [5.41, 5.74) is 0.835. The van der Waals surface area contributed by atoms with E-state index in [4.69, 9.17) is 27.9 Å². The van der Waals surface area contributed by atoms with Gasteiger partial charge in [-0.3, -0.25) is 10.1 Å². The predicted octanol–water partition coefficient (Wildman–Crippen LogP) is 4.90. The van der Waals surface area contributed by atoms with E-state index in [0.717, 1.165) is 0 Å². The minimum absolute atomic E-state index is 0.143. The highest BCUT2D eigenvalue weighted by molar-refractivity contribution is 9.10. The molecular weight excluding hydrogens is 397 g/mol. The highest BCUT2D eigenvalue weighted by Gasteiger charge is 2.24. The van der Waals surface area contributed by atoms with Crippen molar-refractivity contribution >= 4 is 44.8 Å². The van der Waals surface area contributed by atoms with Gasteiger partial charge in [-0.15, -0.1) is 0 Å². The van der Waals surface area contributed by atoms with Gasteiger partial charge in [0.25, 0.3) is 0 Å². The zero-order valence-electron chi connectivity index (χ0n) is 11.5. The number of aryl methyl sites for hydroxylation is 1. The first-order valence-corrected chi connectivity index (χ1v) is 7.63. The normalized spacial score (nSPS) is 12.0. The van der Waals surface area contributed by atoms with E-state index in [1.165, 1.54) is 12.4 Å². The van der Waals surface area contributed by atoms with Crippen LogP contribution in [-0.2, 0) is 0 Å². The molecule has 0 aliphatic rings. The molecule has 0 amide bonds. The molecule has 1 unspecified atom stereocenters. The summed E-state index contributed by atoms with van der Waals surface area (Å²) in [5.74, 6) is 0.150. The Morgan fingerprint density at radius 2 is 1.91 bits per heavy atom. The zero-order valence-corrected chi connectivity index (χ0v) is 14.6. The Hall–Kier alpha value is -1.44. The minimum Gasteiger partial charge on any atom is -0.478 e. The predicted molar refractivity (Wildman–Crippen MR) is 86.6 cm³/mol. The van der Waals surface area contributed by atoms with Gasteiger partial charge in [0.1, 0.15) is 22.7 Å². The first kappa shape index (κ1) is 16.9. The maximum atomic E-state index is 11.2. The van der Waals surface area contributed by atoms with E-state index >= 15 is 0 Å². The van der Waals surface area contributed by atoms with Crippen LogP contribution in [0.25, 0.3) is 0 Å². The van der Waals surface area contributed by atoms with Crippen LogP contribution in [0, 0.1) is 17.0 Å². The van der Waals surface area contributed by atoms with E-state index in [1.807, 2.05) is 0 Å². The molecule has 0 saturated heterocycles. The minimum atomic E-state index is -0.653. The van der Waals surface area contributed by atoms with Crippen LogP contribution in [-0.4, -0.2) is 14.9 Å². The van der Waals surface area contributed by atoms with Crippen molar-refractivity contribution < 1.29 is 9.66 Å². The van der Waals surface area contributed by atoms with E-state index in [2.05, 4.69) is 25.9 Å². The highest BCUT2D eigenvalue weighted by Crippen LogP contribution is 2.38. The third-order valence-corrected chi connectivity index (χ3v) is 3.96. The molecule has 0 N–H and O–H groups in total. The van der Waals surface area contributed by atoms with Crippen LogP contribution in [0.15, 0.2) is 22.9 Å². The van der Waals surface area contributed by atoms with Gasteiger partial charge in [-0.1, -0.05) is 39.1 Å². The highest BCUT2D eigenvalue weighted by atomic mass is 79.9. The van der Waals surface area contributed by atoms with Crippen LogP contribution in [0.2, 0.25) is 10.3 Å². The molecule has 116 valence electrons. The molecule has 6 nitrogen and oxygen atoms in total. The lowest BCUT2D eigenvalue weighted by atomic mass is 10.1. The fourth-order valence-electron chi connectivity index (χ4n) is 1.93. The summed E-state index contributed by atoms with van der Waals surface area (Å²) in [6.45, 7) is 3.38. The Kier molecular flexibility index (Phi) is 5.20. The summed E-state index contributed by atoms with van der Waals surface area (Å²) >= 11 is 15.2. The standard InChI is InChI=1S/C13H10BrCl2N3O3/c1-6-3-8(14)4-9(19(20)21)11(6)22-7(2)10-12(15)17-5-18-13(10)16/h3-5,7H,1-2H3. The molecule has 9 heteroatoms. The van der Waals surface area contributed by atoms with Gasteiger partial charge in [0.15, 0.2) is 0 Å². The lowest BCUT2D eigenvalue weighted by Gasteiger charge is -2.18. The van der Waals surface area contributed by atoms with Crippen LogP contribution < -0.4 is 4.74 Å². The number of halogens is 3. The molecule has 2 rings (SSSR count). The number of aromatic nitrogens is 2. The monoisotopic (exact) mass is 405 g/mol. The average molecular weight is 407 g/mol. The summed E-state index contributed by atoms with van der Waals surface area (Å²) in [6, 6.07) is 3.10. The topological polar surface area (TPSA) is 78.2 Å². The number of hydrogen-bond donors (Lipinski definition) is 0. The molecule has 0 radical (unpaired) electrons. The van der Waals surface area contributed by atoms with Crippen LogP contribution in [0.3, 0.4) is 0 Å². The molecule has 0 spiro atoms. The van der Waals surface area contributed by atoms with Gasteiger partial charge < -0.3 is 4.74 Å². The molecule has 1 aromatic heterocycles. The Bertz CT molecular complexity index is 722. The first-order chi connectivity index (χ1) is 10.3. The summed E-state index contributed by atoms with van der Waals surface area (Å²) < 4.78 is 6.32. The molecule has 0 aliphatic heterocycles. The lowest BCUT2D eigenvalue weighted by Crippen LogP contribution is -2.09. The van der Waals surface area contributed by atoms with Crippen LogP contribution in [0.4, 0.5) is 5.69 Å². The van der Waals surface area contributed by atoms with Crippen molar-refractivity contribution in [1.29, 1.82) is 0 Å². The second-order valence-electron chi connectivity index (χ2n) is 4.46. The maximum absolute atomic E-state index is 11.2. The van der Waals surface area contributed by atoms with Crippen LogP contribution >= 0.6 is 39.1 Å². The number of nitro groups is 1. The summed E-state index contributed by atoms with van der Waals surface area (Å²) in [5, 5.41) is 11.5.